The van der Waals surface area contributed by atoms with Crippen LogP contribution < -0.4 is 16.0 Å². The maximum Gasteiger partial charge on any atom is 0.279 e. The molecule has 2 aromatic carbocycles. The Labute approximate surface area is 158 Å². The van der Waals surface area contributed by atoms with Gasteiger partial charge in [-0.3, -0.25) is 9.59 Å². The van der Waals surface area contributed by atoms with Crippen LogP contribution in [0.1, 0.15) is 12.8 Å². The highest BCUT2D eigenvalue weighted by Gasteiger charge is 2.28. The maximum absolute atomic E-state index is 12.3. The van der Waals surface area contributed by atoms with Crippen molar-refractivity contribution in [1.29, 1.82) is 0 Å². The first-order chi connectivity index (χ1) is 13.1. The lowest BCUT2D eigenvalue weighted by Gasteiger charge is -2.27. The molecule has 1 saturated heterocycles. The molecule has 1 aliphatic rings. The Bertz CT molecular complexity index is 805. The molecule has 0 radical (unpaired) electrons. The Morgan fingerprint density at radius 2 is 1.70 bits per heavy atom. The first kappa shape index (κ1) is 18.7. The number of nitrogens with one attached hydrogen (secondary N) is 2. The van der Waals surface area contributed by atoms with Crippen LogP contribution in [0.4, 0.5) is 17.1 Å². The molecular weight excluding hydrogens is 342 g/mol. The second-order valence-electron chi connectivity index (χ2n) is 6.75. The number of piperidine rings is 1. The van der Waals surface area contributed by atoms with Crippen molar-refractivity contribution in [1.82, 2.24) is 0 Å². The number of benzene rings is 2. The van der Waals surface area contributed by atoms with Crippen molar-refractivity contribution in [2.24, 2.45) is 21.9 Å². The molecule has 2 aromatic rings. The van der Waals surface area contributed by atoms with Gasteiger partial charge in [-0.25, -0.2) is 0 Å². The van der Waals surface area contributed by atoms with Gasteiger partial charge in [0.05, 0.1) is 30.4 Å². The van der Waals surface area contributed by atoms with Crippen LogP contribution in [0.25, 0.3) is 0 Å². The minimum atomic E-state index is -0.270. The van der Waals surface area contributed by atoms with E-state index in [-0.39, 0.29) is 17.7 Å². The number of carbonyl (C=O) groups excluding carboxylic acids is 2. The zero-order chi connectivity index (χ0) is 19.1. The summed E-state index contributed by atoms with van der Waals surface area (Å²) in [6, 6.07) is 16.7. The Morgan fingerprint density at radius 1 is 1.04 bits per heavy atom. The Balaban J connectivity index is 1.51. The summed E-state index contributed by atoms with van der Waals surface area (Å²) in [6.45, 7) is 1.84. The van der Waals surface area contributed by atoms with Crippen LogP contribution in [-0.2, 0) is 9.59 Å². The van der Waals surface area contributed by atoms with Crippen molar-refractivity contribution in [3.63, 3.8) is 0 Å². The summed E-state index contributed by atoms with van der Waals surface area (Å²) >= 11 is 0. The molecule has 1 fully saturated rings. The predicted molar refractivity (Wildman–Crippen MR) is 103 cm³/mol. The number of nitrogens with zero attached hydrogens (tertiary/aromatic N) is 2. The van der Waals surface area contributed by atoms with E-state index in [0.717, 1.165) is 30.0 Å². The van der Waals surface area contributed by atoms with Gasteiger partial charge in [-0.1, -0.05) is 18.2 Å². The minimum absolute atomic E-state index is 0.0752. The normalized spacial score (nSPS) is 19.7. The minimum Gasteiger partial charge on any atom is -0.369 e. The molecular formula is C20H24N5O2+. The molecule has 7 heteroatoms. The van der Waals surface area contributed by atoms with Crippen molar-refractivity contribution in [3.8, 4) is 0 Å². The van der Waals surface area contributed by atoms with Gasteiger partial charge >= 0.3 is 0 Å². The van der Waals surface area contributed by atoms with Crippen LogP contribution >= 0.6 is 0 Å². The van der Waals surface area contributed by atoms with Crippen molar-refractivity contribution in [3.05, 3.63) is 54.6 Å². The number of rotatable bonds is 6. The second kappa shape index (κ2) is 9.05. The zero-order valence-electron chi connectivity index (χ0n) is 15.1. The Morgan fingerprint density at radius 3 is 2.37 bits per heavy atom. The van der Waals surface area contributed by atoms with E-state index in [4.69, 9.17) is 5.73 Å². The number of amides is 2. The lowest BCUT2D eigenvalue weighted by atomic mass is 9.97. The summed E-state index contributed by atoms with van der Waals surface area (Å²) in [6.07, 6.45) is 1.73. The topological polar surface area (TPSA) is 101 Å². The monoisotopic (exact) mass is 366 g/mol. The molecule has 27 heavy (non-hydrogen) atoms. The highest BCUT2D eigenvalue weighted by atomic mass is 16.2. The molecule has 0 aromatic heterocycles. The number of hydrogen-bond acceptors (Lipinski definition) is 4. The van der Waals surface area contributed by atoms with E-state index < -0.39 is 0 Å². The summed E-state index contributed by atoms with van der Waals surface area (Å²) in [5.74, 6) is -0.475. The molecule has 1 aliphatic heterocycles. The van der Waals surface area contributed by atoms with E-state index in [0.29, 0.717) is 24.5 Å². The summed E-state index contributed by atoms with van der Waals surface area (Å²) < 4.78 is 0. The van der Waals surface area contributed by atoms with Gasteiger partial charge in [0, 0.05) is 5.69 Å². The molecule has 1 unspecified atom stereocenters. The van der Waals surface area contributed by atoms with Gasteiger partial charge in [0.25, 0.3) is 5.91 Å². The number of primary amides is 1. The van der Waals surface area contributed by atoms with Gasteiger partial charge in [-0.05, 0) is 49.2 Å². The predicted octanol–water partition coefficient (Wildman–Crippen LogP) is 1.82. The lowest BCUT2D eigenvalue weighted by molar-refractivity contribution is -0.899. The van der Waals surface area contributed by atoms with Crippen LogP contribution in [0.5, 0.6) is 0 Å². The SMILES string of the molecule is NC(=O)[C@H]1CCC[NH+](CC(=O)Nc2ccc(N=Nc3ccccc3)cc2)C1. The van der Waals surface area contributed by atoms with E-state index in [1.165, 1.54) is 0 Å². The number of azo groups is 1. The summed E-state index contributed by atoms with van der Waals surface area (Å²) in [5, 5.41) is 11.2. The van der Waals surface area contributed by atoms with E-state index in [2.05, 4.69) is 15.5 Å². The molecule has 0 spiro atoms. The first-order valence-corrected chi connectivity index (χ1v) is 9.10. The average Bonchev–Trinajstić information content (AvgIpc) is 2.68. The summed E-state index contributed by atoms with van der Waals surface area (Å²) in [7, 11) is 0. The lowest BCUT2D eigenvalue weighted by Crippen LogP contribution is -3.14. The van der Waals surface area contributed by atoms with E-state index in [1.807, 2.05) is 30.3 Å². The smallest absolute Gasteiger partial charge is 0.279 e. The Hall–Kier alpha value is -3.06. The van der Waals surface area contributed by atoms with Crippen LogP contribution in [-0.4, -0.2) is 31.4 Å². The second-order valence-corrected chi connectivity index (χ2v) is 6.75. The van der Waals surface area contributed by atoms with Gasteiger partial charge in [-0.15, -0.1) is 0 Å². The number of hydrogen-bond donors (Lipinski definition) is 3. The van der Waals surface area contributed by atoms with Gasteiger partial charge in [0.2, 0.25) is 5.91 Å². The van der Waals surface area contributed by atoms with E-state index in [1.54, 1.807) is 24.3 Å². The quantitative estimate of drug-likeness (QED) is 0.679. The fraction of sp³-hybridized carbons (Fsp3) is 0.300. The van der Waals surface area contributed by atoms with Crippen LogP contribution in [0.15, 0.2) is 64.8 Å². The Kier molecular flexibility index (Phi) is 6.27. The van der Waals surface area contributed by atoms with Crippen LogP contribution in [0.2, 0.25) is 0 Å². The zero-order valence-corrected chi connectivity index (χ0v) is 15.1. The largest absolute Gasteiger partial charge is 0.369 e. The fourth-order valence-corrected chi connectivity index (χ4v) is 3.21. The van der Waals surface area contributed by atoms with E-state index >= 15 is 0 Å². The van der Waals surface area contributed by atoms with Gasteiger partial charge < -0.3 is 16.0 Å². The third-order valence-corrected chi connectivity index (χ3v) is 4.62. The van der Waals surface area contributed by atoms with E-state index in [9.17, 15) is 9.59 Å². The number of anilines is 1. The number of carbonyl (C=O) groups is 2. The maximum atomic E-state index is 12.3. The van der Waals surface area contributed by atoms with Crippen LogP contribution in [0.3, 0.4) is 0 Å². The first-order valence-electron chi connectivity index (χ1n) is 9.10. The van der Waals surface area contributed by atoms with Crippen molar-refractivity contribution in [2.75, 3.05) is 25.0 Å². The third kappa shape index (κ3) is 5.72. The van der Waals surface area contributed by atoms with Crippen molar-refractivity contribution in [2.45, 2.75) is 12.8 Å². The summed E-state index contributed by atoms with van der Waals surface area (Å²) in [4.78, 5) is 24.7. The average molecular weight is 366 g/mol. The van der Waals surface area contributed by atoms with Crippen molar-refractivity contribution >= 4 is 28.9 Å². The number of likely N-dealkylation sites (tertiary alicyclic amines) is 1. The molecule has 4 N–H and O–H groups in total. The van der Waals surface area contributed by atoms with Crippen LogP contribution in [0, 0.1) is 5.92 Å². The molecule has 1 heterocycles. The molecule has 7 nitrogen and oxygen atoms in total. The third-order valence-electron chi connectivity index (χ3n) is 4.62. The molecule has 0 bridgehead atoms. The van der Waals surface area contributed by atoms with Gasteiger partial charge in [0.15, 0.2) is 6.54 Å². The molecule has 3 rings (SSSR count). The van der Waals surface area contributed by atoms with Gasteiger partial charge in [0.1, 0.15) is 0 Å². The molecule has 140 valence electrons. The summed E-state index contributed by atoms with van der Waals surface area (Å²) in [5.41, 5.74) is 7.60. The highest BCUT2D eigenvalue weighted by Crippen LogP contribution is 2.19. The number of quaternary nitrogens is 1. The fourth-order valence-electron chi connectivity index (χ4n) is 3.21. The highest BCUT2D eigenvalue weighted by molar-refractivity contribution is 5.91. The number of nitrogens with two attached hydrogens (primary N) is 1. The molecule has 0 saturated carbocycles. The van der Waals surface area contributed by atoms with Crippen molar-refractivity contribution < 1.29 is 14.5 Å². The standard InChI is InChI=1S/C20H23N5O2/c21-20(27)15-5-4-12-25(13-15)14-19(26)22-16-8-10-18(11-9-16)24-23-17-6-2-1-3-7-17/h1-3,6-11,15H,4-5,12-14H2,(H2,21,27)(H,22,26)/p+1/t15-/m0/s1. The molecule has 0 aliphatic carbocycles. The molecule has 2 atom stereocenters. The molecule has 2 amide bonds. The van der Waals surface area contributed by atoms with Gasteiger partial charge in [-0.2, -0.15) is 10.2 Å².